The van der Waals surface area contributed by atoms with Crippen LogP contribution in [-0.2, 0) is 19.0 Å². The highest BCUT2D eigenvalue weighted by atomic mass is 16.7. The summed E-state index contributed by atoms with van der Waals surface area (Å²) in [7, 11) is 1.56. The molecule has 0 aromatic carbocycles. The quantitative estimate of drug-likeness (QED) is 0.442. The van der Waals surface area contributed by atoms with Crippen LogP contribution in [0.5, 0.6) is 0 Å². The summed E-state index contributed by atoms with van der Waals surface area (Å²) in [6.45, 7) is 2.17. The lowest BCUT2D eigenvalue weighted by Crippen LogP contribution is -2.19. The van der Waals surface area contributed by atoms with E-state index in [0.717, 1.165) is 0 Å². The van der Waals surface area contributed by atoms with E-state index in [1.807, 2.05) is 0 Å². The summed E-state index contributed by atoms with van der Waals surface area (Å²) in [4.78, 5) is 10.0. The van der Waals surface area contributed by atoms with E-state index in [-0.39, 0.29) is 6.61 Å². The Bertz CT molecular complexity index is 125. The molecule has 0 rings (SSSR count). The average Bonchev–Trinajstić information content (AvgIpc) is 2.01. The number of rotatable bonds is 7. The van der Waals surface area contributed by atoms with Gasteiger partial charge in [0.1, 0.15) is 6.61 Å². The first-order chi connectivity index (χ1) is 5.66. The summed E-state index contributed by atoms with van der Waals surface area (Å²) in [6.07, 6.45) is -0.503. The van der Waals surface area contributed by atoms with Gasteiger partial charge in [0.15, 0.2) is 6.29 Å². The summed E-state index contributed by atoms with van der Waals surface area (Å²) in [5, 5.41) is 8.23. The number of ether oxygens (including phenoxy) is 3. The summed E-state index contributed by atoms with van der Waals surface area (Å²) >= 11 is 0. The van der Waals surface area contributed by atoms with Crippen molar-refractivity contribution in [1.29, 1.82) is 0 Å². The van der Waals surface area contributed by atoms with Gasteiger partial charge in [-0.1, -0.05) is 0 Å². The van der Waals surface area contributed by atoms with E-state index in [2.05, 4.69) is 0 Å². The van der Waals surface area contributed by atoms with Crippen LogP contribution in [0.2, 0.25) is 0 Å². The van der Waals surface area contributed by atoms with Crippen LogP contribution in [0.25, 0.3) is 0 Å². The standard InChI is InChI=1S/C7H14O5/c1-6(11-4-3-10-2)12-5-7(8)9/h6H,3-5H2,1-2H3,(H,8,9). The maximum absolute atomic E-state index is 10.0. The van der Waals surface area contributed by atoms with E-state index in [1.54, 1.807) is 14.0 Å². The molecular weight excluding hydrogens is 164 g/mol. The first-order valence-electron chi connectivity index (χ1n) is 3.60. The second-order valence-corrected chi connectivity index (χ2v) is 2.14. The third kappa shape index (κ3) is 7.46. The molecule has 0 aliphatic heterocycles. The molecule has 1 unspecified atom stereocenters. The molecule has 0 aliphatic rings. The Morgan fingerprint density at radius 2 is 2.08 bits per heavy atom. The van der Waals surface area contributed by atoms with Gasteiger partial charge in [-0.05, 0) is 6.92 Å². The van der Waals surface area contributed by atoms with Crippen LogP contribution in [0, 0.1) is 0 Å². The van der Waals surface area contributed by atoms with Crippen molar-refractivity contribution < 1.29 is 24.1 Å². The Hall–Kier alpha value is -0.650. The molecule has 0 aromatic rings. The van der Waals surface area contributed by atoms with E-state index in [4.69, 9.17) is 19.3 Å². The van der Waals surface area contributed by atoms with Crippen molar-refractivity contribution in [2.45, 2.75) is 13.2 Å². The number of carboxylic acid groups (broad SMARTS) is 1. The molecular formula is C7H14O5. The zero-order valence-electron chi connectivity index (χ0n) is 7.28. The predicted octanol–water partition coefficient (Wildman–Crippen LogP) is 0.0966. The fourth-order valence-electron chi connectivity index (χ4n) is 0.534. The predicted molar refractivity (Wildman–Crippen MR) is 40.9 cm³/mol. The molecule has 0 fully saturated rings. The molecule has 1 atom stereocenters. The smallest absolute Gasteiger partial charge is 0.329 e. The lowest BCUT2D eigenvalue weighted by Gasteiger charge is -2.11. The van der Waals surface area contributed by atoms with Gasteiger partial charge in [0.05, 0.1) is 13.2 Å². The summed E-state index contributed by atoms with van der Waals surface area (Å²) in [5.74, 6) is -1.00. The van der Waals surface area contributed by atoms with Gasteiger partial charge in [-0.3, -0.25) is 0 Å². The number of carbonyl (C=O) groups is 1. The Balaban J connectivity index is 3.21. The third-order valence-corrected chi connectivity index (χ3v) is 1.08. The van der Waals surface area contributed by atoms with Gasteiger partial charge < -0.3 is 19.3 Å². The molecule has 12 heavy (non-hydrogen) atoms. The SMILES string of the molecule is COCCOC(C)OCC(=O)O. The van der Waals surface area contributed by atoms with Gasteiger partial charge in [0, 0.05) is 7.11 Å². The van der Waals surface area contributed by atoms with Crippen LogP contribution < -0.4 is 0 Å². The first kappa shape index (κ1) is 11.4. The lowest BCUT2D eigenvalue weighted by atomic mass is 10.6. The number of hydrogen-bond acceptors (Lipinski definition) is 4. The number of carboxylic acids is 1. The molecule has 0 saturated carbocycles. The van der Waals surface area contributed by atoms with Crippen molar-refractivity contribution in [1.82, 2.24) is 0 Å². The maximum atomic E-state index is 10.0. The maximum Gasteiger partial charge on any atom is 0.329 e. The van der Waals surface area contributed by atoms with Crippen molar-refractivity contribution in [3.05, 3.63) is 0 Å². The van der Waals surface area contributed by atoms with E-state index >= 15 is 0 Å². The zero-order chi connectivity index (χ0) is 9.40. The number of methoxy groups -OCH3 is 1. The van der Waals surface area contributed by atoms with Gasteiger partial charge in [0.25, 0.3) is 0 Å². The van der Waals surface area contributed by atoms with Gasteiger partial charge >= 0.3 is 5.97 Å². The van der Waals surface area contributed by atoms with E-state index in [1.165, 1.54) is 0 Å². The minimum absolute atomic E-state index is 0.339. The van der Waals surface area contributed by atoms with Crippen molar-refractivity contribution in [2.24, 2.45) is 0 Å². The Morgan fingerprint density at radius 1 is 1.42 bits per heavy atom. The molecule has 1 N–H and O–H groups in total. The fourth-order valence-corrected chi connectivity index (χ4v) is 0.534. The van der Waals surface area contributed by atoms with Crippen molar-refractivity contribution in [2.75, 3.05) is 26.9 Å². The highest BCUT2D eigenvalue weighted by molar-refractivity contribution is 5.67. The van der Waals surface area contributed by atoms with E-state index in [0.29, 0.717) is 13.2 Å². The van der Waals surface area contributed by atoms with Gasteiger partial charge in [-0.15, -0.1) is 0 Å². The largest absolute Gasteiger partial charge is 0.480 e. The number of aliphatic carboxylic acids is 1. The third-order valence-electron chi connectivity index (χ3n) is 1.08. The molecule has 0 amide bonds. The molecule has 0 spiro atoms. The molecule has 0 radical (unpaired) electrons. The molecule has 0 bridgehead atoms. The second-order valence-electron chi connectivity index (χ2n) is 2.14. The van der Waals surface area contributed by atoms with Crippen LogP contribution in [0.3, 0.4) is 0 Å². The fraction of sp³-hybridized carbons (Fsp3) is 0.857. The van der Waals surface area contributed by atoms with Crippen molar-refractivity contribution in [3.8, 4) is 0 Å². The van der Waals surface area contributed by atoms with Gasteiger partial charge in [-0.25, -0.2) is 4.79 Å². The van der Waals surface area contributed by atoms with Crippen LogP contribution in [0.4, 0.5) is 0 Å². The van der Waals surface area contributed by atoms with Gasteiger partial charge in [-0.2, -0.15) is 0 Å². The highest BCUT2D eigenvalue weighted by Gasteiger charge is 2.04. The molecule has 0 saturated heterocycles. The lowest BCUT2D eigenvalue weighted by molar-refractivity contribution is -0.165. The molecule has 5 nitrogen and oxygen atoms in total. The van der Waals surface area contributed by atoms with E-state index < -0.39 is 12.3 Å². The monoisotopic (exact) mass is 178 g/mol. The van der Waals surface area contributed by atoms with Crippen LogP contribution >= 0.6 is 0 Å². The molecule has 72 valence electrons. The van der Waals surface area contributed by atoms with Gasteiger partial charge in [0.2, 0.25) is 0 Å². The van der Waals surface area contributed by atoms with Crippen molar-refractivity contribution >= 4 is 5.97 Å². The molecule has 0 aromatic heterocycles. The topological polar surface area (TPSA) is 65.0 Å². The second kappa shape index (κ2) is 7.02. The summed E-state index contributed by atoms with van der Waals surface area (Å²) < 4.78 is 14.5. The van der Waals surface area contributed by atoms with E-state index in [9.17, 15) is 4.79 Å². The van der Waals surface area contributed by atoms with Crippen LogP contribution in [0.1, 0.15) is 6.92 Å². The van der Waals surface area contributed by atoms with Crippen LogP contribution in [-0.4, -0.2) is 44.3 Å². The Labute approximate surface area is 71.2 Å². The Morgan fingerprint density at radius 3 is 2.58 bits per heavy atom. The molecule has 5 heteroatoms. The minimum atomic E-state index is -1.00. The summed E-state index contributed by atoms with van der Waals surface area (Å²) in [6, 6.07) is 0. The molecule has 0 heterocycles. The zero-order valence-corrected chi connectivity index (χ0v) is 7.28. The minimum Gasteiger partial charge on any atom is -0.480 e. The summed E-state index contributed by atoms with van der Waals surface area (Å²) in [5.41, 5.74) is 0. The Kier molecular flexibility index (Phi) is 6.64. The first-order valence-corrected chi connectivity index (χ1v) is 3.60. The average molecular weight is 178 g/mol. The highest BCUT2D eigenvalue weighted by Crippen LogP contribution is 1.92. The molecule has 0 aliphatic carbocycles. The normalized spacial score (nSPS) is 12.8. The number of hydrogen-bond donors (Lipinski definition) is 1. The van der Waals surface area contributed by atoms with Crippen molar-refractivity contribution in [3.63, 3.8) is 0 Å². The van der Waals surface area contributed by atoms with Crippen LogP contribution in [0.15, 0.2) is 0 Å².